The monoisotopic (exact) mass is 221 g/mol. The summed E-state index contributed by atoms with van der Waals surface area (Å²) in [5.74, 6) is 0. The third-order valence-corrected chi connectivity index (χ3v) is 2.79. The molecule has 0 saturated carbocycles. The molecule has 0 aromatic carbocycles. The molecule has 0 heterocycles. The summed E-state index contributed by atoms with van der Waals surface area (Å²) < 4.78 is 20.6. The number of hydrogen-bond acceptors (Lipinski definition) is 3. The molecular weight excluding hydrogens is 199 g/mol. The first-order chi connectivity index (χ1) is 6.81. The van der Waals surface area contributed by atoms with E-state index >= 15 is 0 Å². The molecule has 1 atom stereocenters. The largest absolute Gasteiger partial charge is 0.697 e. The lowest BCUT2D eigenvalue weighted by Gasteiger charge is -1.96. The molecule has 0 rings (SSSR count). The van der Waals surface area contributed by atoms with Gasteiger partial charge in [-0.05, 0) is 13.3 Å². The highest BCUT2D eigenvalue weighted by molar-refractivity contribution is 7.33. The third-order valence-electron chi connectivity index (χ3n) is 1.93. The summed E-state index contributed by atoms with van der Waals surface area (Å²) >= 11 is 0. The maximum Gasteiger partial charge on any atom is 0.697 e. The fourth-order valence-electron chi connectivity index (χ4n) is 1.16. The fraction of sp³-hybridized carbons (Fsp3) is 1.00. The molecule has 1 unspecified atom stereocenters. The predicted octanol–water partition coefficient (Wildman–Crippen LogP) is 4.06. The van der Waals surface area contributed by atoms with Crippen LogP contribution in [0.1, 0.15) is 52.4 Å². The van der Waals surface area contributed by atoms with Crippen molar-refractivity contribution in [2.75, 3.05) is 13.2 Å². The van der Waals surface area contributed by atoms with Crippen LogP contribution in [0.4, 0.5) is 0 Å². The summed E-state index contributed by atoms with van der Waals surface area (Å²) in [5.41, 5.74) is 0. The minimum Gasteiger partial charge on any atom is -0.119 e. The number of rotatable bonds is 10. The maximum absolute atomic E-state index is 10.9. The third kappa shape index (κ3) is 10.1. The van der Waals surface area contributed by atoms with Gasteiger partial charge in [0.05, 0.1) is 0 Å². The molecule has 0 spiro atoms. The molecule has 0 fully saturated rings. The Kier molecular flexibility index (Phi) is 11.1. The van der Waals surface area contributed by atoms with Crippen LogP contribution in [0.25, 0.3) is 0 Å². The molecule has 0 N–H and O–H groups in total. The highest BCUT2D eigenvalue weighted by Gasteiger charge is 2.17. The molecule has 0 bridgehead atoms. The van der Waals surface area contributed by atoms with E-state index in [9.17, 15) is 4.57 Å². The van der Waals surface area contributed by atoms with Crippen LogP contribution < -0.4 is 0 Å². The standard InChI is InChI=1S/C10H22O3P/c1-3-5-6-7-8-9-10-13-14(11)12-4-2/h3-10H2,1-2H3/q+1. The van der Waals surface area contributed by atoms with E-state index < -0.39 is 8.25 Å². The molecule has 0 aliphatic rings. The number of hydrogen-bond donors (Lipinski definition) is 0. The van der Waals surface area contributed by atoms with Crippen LogP contribution in [0.3, 0.4) is 0 Å². The van der Waals surface area contributed by atoms with Crippen LogP contribution in [0.2, 0.25) is 0 Å². The van der Waals surface area contributed by atoms with Crippen molar-refractivity contribution in [1.82, 2.24) is 0 Å². The lowest BCUT2D eigenvalue weighted by molar-refractivity contribution is 0.229. The van der Waals surface area contributed by atoms with E-state index in [4.69, 9.17) is 9.05 Å². The van der Waals surface area contributed by atoms with Gasteiger partial charge in [-0.15, -0.1) is 9.05 Å². The summed E-state index contributed by atoms with van der Waals surface area (Å²) in [6.45, 7) is 5.02. The summed E-state index contributed by atoms with van der Waals surface area (Å²) in [7, 11) is -1.86. The average molecular weight is 221 g/mol. The van der Waals surface area contributed by atoms with Crippen LogP contribution in [-0.2, 0) is 13.6 Å². The Hall–Kier alpha value is 0.0200. The number of unbranched alkanes of at least 4 members (excludes halogenated alkanes) is 5. The molecular formula is C10H22O3P+. The highest BCUT2D eigenvalue weighted by Crippen LogP contribution is 2.23. The van der Waals surface area contributed by atoms with Crippen molar-refractivity contribution in [3.63, 3.8) is 0 Å². The Morgan fingerprint density at radius 3 is 2.21 bits per heavy atom. The molecule has 0 aromatic heterocycles. The summed E-state index contributed by atoms with van der Waals surface area (Å²) in [6.07, 6.45) is 7.28. The Morgan fingerprint density at radius 2 is 1.57 bits per heavy atom. The zero-order chi connectivity index (χ0) is 10.6. The zero-order valence-electron chi connectivity index (χ0n) is 9.33. The van der Waals surface area contributed by atoms with Crippen LogP contribution in [-0.4, -0.2) is 13.2 Å². The van der Waals surface area contributed by atoms with Crippen molar-refractivity contribution in [3.8, 4) is 0 Å². The molecule has 0 aliphatic carbocycles. The fourth-order valence-corrected chi connectivity index (χ4v) is 1.73. The van der Waals surface area contributed by atoms with Gasteiger partial charge in [0.2, 0.25) is 0 Å². The van der Waals surface area contributed by atoms with Gasteiger partial charge in [-0.1, -0.05) is 39.0 Å². The van der Waals surface area contributed by atoms with Crippen molar-refractivity contribution in [3.05, 3.63) is 0 Å². The van der Waals surface area contributed by atoms with Crippen LogP contribution >= 0.6 is 8.25 Å². The van der Waals surface area contributed by atoms with E-state index in [1.165, 1.54) is 25.7 Å². The van der Waals surface area contributed by atoms with Gasteiger partial charge >= 0.3 is 8.25 Å². The molecule has 3 nitrogen and oxygen atoms in total. The van der Waals surface area contributed by atoms with Crippen LogP contribution in [0.5, 0.6) is 0 Å². The van der Waals surface area contributed by atoms with Crippen molar-refractivity contribution in [1.29, 1.82) is 0 Å². The van der Waals surface area contributed by atoms with Gasteiger partial charge in [-0.2, -0.15) is 0 Å². The second kappa shape index (κ2) is 11.1. The highest BCUT2D eigenvalue weighted by atomic mass is 31.1. The summed E-state index contributed by atoms with van der Waals surface area (Å²) in [6, 6.07) is 0. The predicted molar refractivity (Wildman–Crippen MR) is 58.6 cm³/mol. The van der Waals surface area contributed by atoms with Crippen LogP contribution in [0, 0.1) is 0 Å². The Morgan fingerprint density at radius 1 is 0.929 bits per heavy atom. The molecule has 0 saturated heterocycles. The molecule has 0 aliphatic heterocycles. The minimum absolute atomic E-state index is 0.450. The van der Waals surface area contributed by atoms with E-state index in [-0.39, 0.29) is 0 Å². The van der Waals surface area contributed by atoms with Crippen LogP contribution in [0.15, 0.2) is 0 Å². The van der Waals surface area contributed by atoms with Crippen molar-refractivity contribution in [2.45, 2.75) is 52.4 Å². The van der Waals surface area contributed by atoms with E-state index in [0.717, 1.165) is 12.8 Å². The van der Waals surface area contributed by atoms with E-state index in [1.54, 1.807) is 6.92 Å². The molecule has 0 radical (unpaired) electrons. The minimum atomic E-state index is -1.86. The SMILES string of the molecule is CCCCCCCCO[P+](=O)OCC. The Bertz CT molecular complexity index is 139. The van der Waals surface area contributed by atoms with E-state index in [0.29, 0.717) is 13.2 Å². The molecule has 0 amide bonds. The Balaban J connectivity index is 3.01. The summed E-state index contributed by atoms with van der Waals surface area (Å²) in [5, 5.41) is 0. The first-order valence-corrected chi connectivity index (χ1v) is 6.63. The van der Waals surface area contributed by atoms with Crippen molar-refractivity contribution in [2.24, 2.45) is 0 Å². The first kappa shape index (κ1) is 14.0. The summed E-state index contributed by atoms with van der Waals surface area (Å²) in [4.78, 5) is 0. The van der Waals surface area contributed by atoms with Gasteiger partial charge in [0.1, 0.15) is 13.2 Å². The quantitative estimate of drug-likeness (QED) is 0.412. The average Bonchev–Trinajstić information content (AvgIpc) is 2.17. The van der Waals surface area contributed by atoms with E-state index in [2.05, 4.69) is 6.92 Å². The van der Waals surface area contributed by atoms with Gasteiger partial charge in [0.25, 0.3) is 0 Å². The molecule has 14 heavy (non-hydrogen) atoms. The topological polar surface area (TPSA) is 35.5 Å². The second-order valence-corrected chi connectivity index (χ2v) is 4.21. The first-order valence-electron chi connectivity index (χ1n) is 5.54. The molecule has 84 valence electrons. The Labute approximate surface area is 88.1 Å². The molecule has 0 aromatic rings. The normalized spacial score (nSPS) is 11.7. The van der Waals surface area contributed by atoms with Crippen molar-refractivity contribution >= 4 is 8.25 Å². The van der Waals surface area contributed by atoms with Gasteiger partial charge in [-0.3, -0.25) is 0 Å². The van der Waals surface area contributed by atoms with Gasteiger partial charge < -0.3 is 0 Å². The van der Waals surface area contributed by atoms with Gasteiger partial charge in [0.15, 0.2) is 0 Å². The zero-order valence-corrected chi connectivity index (χ0v) is 10.2. The molecule has 4 heteroatoms. The van der Waals surface area contributed by atoms with E-state index in [1.807, 2.05) is 0 Å². The van der Waals surface area contributed by atoms with Gasteiger partial charge in [0, 0.05) is 4.57 Å². The van der Waals surface area contributed by atoms with Gasteiger partial charge in [-0.25, -0.2) is 0 Å². The maximum atomic E-state index is 10.9. The second-order valence-electron chi connectivity index (χ2n) is 3.24. The van der Waals surface area contributed by atoms with Crippen molar-refractivity contribution < 1.29 is 13.6 Å². The smallest absolute Gasteiger partial charge is 0.119 e. The lowest BCUT2D eigenvalue weighted by atomic mass is 10.1. The lowest BCUT2D eigenvalue weighted by Crippen LogP contribution is -1.89.